The summed E-state index contributed by atoms with van der Waals surface area (Å²) in [6.45, 7) is 0. The van der Waals surface area contributed by atoms with Crippen LogP contribution in [0, 0.1) is 0 Å². The van der Waals surface area contributed by atoms with Gasteiger partial charge in [0, 0.05) is 11.6 Å². The van der Waals surface area contributed by atoms with Gasteiger partial charge in [-0.15, -0.1) is 0 Å². The number of ether oxygens (including phenoxy) is 4. The largest absolute Gasteiger partial charge is 0.497 e. The fourth-order valence-corrected chi connectivity index (χ4v) is 3.99. The highest BCUT2D eigenvalue weighted by molar-refractivity contribution is 6.00. The Kier molecular flexibility index (Phi) is 5.70. The number of aromatic nitrogens is 2. The molecule has 8 heteroatoms. The van der Waals surface area contributed by atoms with Gasteiger partial charge in [-0.25, -0.2) is 0 Å². The molecule has 1 aliphatic carbocycles. The molecule has 2 aromatic carbocycles. The van der Waals surface area contributed by atoms with Crippen molar-refractivity contribution in [3.8, 4) is 34.3 Å². The predicted octanol–water partition coefficient (Wildman–Crippen LogP) is 3.53. The third-order valence-electron chi connectivity index (χ3n) is 5.59. The van der Waals surface area contributed by atoms with Crippen molar-refractivity contribution < 1.29 is 23.7 Å². The van der Waals surface area contributed by atoms with Crippen molar-refractivity contribution in [3.05, 3.63) is 53.2 Å². The normalized spacial score (nSPS) is 14.6. The maximum absolute atomic E-state index is 13.2. The van der Waals surface area contributed by atoms with Gasteiger partial charge in [-0.1, -0.05) is 0 Å². The summed E-state index contributed by atoms with van der Waals surface area (Å²) in [5.41, 5.74) is 3.94. The molecule has 0 bridgehead atoms. The number of methoxy groups -OCH3 is 4. The van der Waals surface area contributed by atoms with Gasteiger partial charge in [-0.2, -0.15) is 5.10 Å². The van der Waals surface area contributed by atoms with Crippen molar-refractivity contribution in [2.75, 3.05) is 28.4 Å². The fourth-order valence-electron chi connectivity index (χ4n) is 3.99. The van der Waals surface area contributed by atoms with Crippen LogP contribution in [0.1, 0.15) is 33.9 Å². The molecule has 8 nitrogen and oxygen atoms in total. The molecule has 162 valence electrons. The molecule has 4 rings (SSSR count). The number of benzene rings is 2. The third kappa shape index (κ3) is 3.76. The van der Waals surface area contributed by atoms with Crippen LogP contribution in [0.25, 0.3) is 11.3 Å². The Hall–Kier alpha value is -3.68. The van der Waals surface area contributed by atoms with Crippen LogP contribution in [0.15, 0.2) is 36.5 Å². The van der Waals surface area contributed by atoms with Crippen LogP contribution < -0.4 is 24.3 Å². The zero-order valence-corrected chi connectivity index (χ0v) is 17.9. The van der Waals surface area contributed by atoms with Crippen LogP contribution >= 0.6 is 0 Å². The molecule has 0 saturated heterocycles. The molecule has 3 aromatic rings. The second-order valence-corrected chi connectivity index (χ2v) is 7.20. The Morgan fingerprint density at radius 2 is 1.74 bits per heavy atom. The molecule has 0 spiro atoms. The second-order valence-electron chi connectivity index (χ2n) is 7.20. The summed E-state index contributed by atoms with van der Waals surface area (Å²) in [5.74, 6) is 2.37. The van der Waals surface area contributed by atoms with E-state index in [-0.39, 0.29) is 11.9 Å². The van der Waals surface area contributed by atoms with Crippen LogP contribution in [-0.2, 0) is 6.42 Å². The maximum Gasteiger partial charge on any atom is 0.255 e. The third-order valence-corrected chi connectivity index (χ3v) is 5.59. The second kappa shape index (κ2) is 8.59. The molecule has 1 aliphatic rings. The SMILES string of the molecule is COc1ccc(-c2[nH]ncc2C(=O)N[C@H]2CCc3cc(OC)c(OC)cc32)c(OC)c1. The minimum Gasteiger partial charge on any atom is -0.497 e. The number of hydrogen-bond donors (Lipinski definition) is 2. The number of carbonyl (C=O) groups is 1. The van der Waals surface area contributed by atoms with Gasteiger partial charge >= 0.3 is 0 Å². The maximum atomic E-state index is 13.2. The van der Waals surface area contributed by atoms with Crippen molar-refractivity contribution in [3.63, 3.8) is 0 Å². The first kappa shape index (κ1) is 20.6. The fraction of sp³-hybridized carbons (Fsp3) is 0.304. The van der Waals surface area contributed by atoms with Crippen molar-refractivity contribution in [2.45, 2.75) is 18.9 Å². The van der Waals surface area contributed by atoms with Gasteiger partial charge in [0.1, 0.15) is 11.5 Å². The molecule has 1 atom stereocenters. The van der Waals surface area contributed by atoms with Crippen LogP contribution in [0.2, 0.25) is 0 Å². The first-order valence-electron chi connectivity index (χ1n) is 9.91. The van der Waals surface area contributed by atoms with Gasteiger partial charge in [0.2, 0.25) is 0 Å². The van der Waals surface area contributed by atoms with E-state index >= 15 is 0 Å². The summed E-state index contributed by atoms with van der Waals surface area (Å²) in [6.07, 6.45) is 3.18. The van der Waals surface area contributed by atoms with Crippen molar-refractivity contribution >= 4 is 5.91 Å². The average Bonchev–Trinajstić information content (AvgIpc) is 3.44. The Morgan fingerprint density at radius 1 is 1.00 bits per heavy atom. The first-order valence-corrected chi connectivity index (χ1v) is 9.91. The van der Waals surface area contributed by atoms with E-state index in [0.717, 1.165) is 29.5 Å². The molecule has 0 aliphatic heterocycles. The van der Waals surface area contributed by atoms with E-state index in [9.17, 15) is 4.79 Å². The Morgan fingerprint density at radius 3 is 2.45 bits per heavy atom. The molecule has 0 fully saturated rings. The van der Waals surface area contributed by atoms with E-state index in [2.05, 4.69) is 15.5 Å². The van der Waals surface area contributed by atoms with Crippen molar-refractivity contribution in [2.24, 2.45) is 0 Å². The predicted molar refractivity (Wildman–Crippen MR) is 115 cm³/mol. The lowest BCUT2D eigenvalue weighted by molar-refractivity contribution is 0.0937. The van der Waals surface area contributed by atoms with Gasteiger partial charge in [0.15, 0.2) is 11.5 Å². The number of aromatic amines is 1. The molecule has 1 amide bonds. The summed E-state index contributed by atoms with van der Waals surface area (Å²) in [4.78, 5) is 13.2. The lowest BCUT2D eigenvalue weighted by Gasteiger charge is -2.17. The lowest BCUT2D eigenvalue weighted by atomic mass is 10.0. The number of carbonyl (C=O) groups excluding carboxylic acids is 1. The highest BCUT2D eigenvalue weighted by Crippen LogP contribution is 2.40. The van der Waals surface area contributed by atoms with Gasteiger partial charge in [0.25, 0.3) is 5.91 Å². The summed E-state index contributed by atoms with van der Waals surface area (Å²) in [5, 5.41) is 10.2. The lowest BCUT2D eigenvalue weighted by Crippen LogP contribution is -2.27. The number of rotatable bonds is 7. The first-order chi connectivity index (χ1) is 15.1. The molecule has 31 heavy (non-hydrogen) atoms. The Bertz CT molecular complexity index is 1110. The van der Waals surface area contributed by atoms with E-state index in [4.69, 9.17) is 18.9 Å². The number of hydrogen-bond acceptors (Lipinski definition) is 6. The van der Waals surface area contributed by atoms with Gasteiger partial charge in [-0.3, -0.25) is 9.89 Å². The van der Waals surface area contributed by atoms with Crippen molar-refractivity contribution in [1.29, 1.82) is 0 Å². The van der Waals surface area contributed by atoms with Gasteiger partial charge in [-0.05, 0) is 48.2 Å². The molecular weight excluding hydrogens is 398 g/mol. The van der Waals surface area contributed by atoms with Crippen LogP contribution in [0.5, 0.6) is 23.0 Å². The molecule has 1 heterocycles. The molecular formula is C23H25N3O5. The number of nitrogens with one attached hydrogen (secondary N) is 2. The van der Waals surface area contributed by atoms with Crippen LogP contribution in [0.4, 0.5) is 0 Å². The number of aryl methyl sites for hydroxylation is 1. The molecule has 1 aromatic heterocycles. The smallest absolute Gasteiger partial charge is 0.255 e. The van der Waals surface area contributed by atoms with E-state index in [0.29, 0.717) is 34.3 Å². The minimum atomic E-state index is -0.214. The number of fused-ring (bicyclic) bond motifs is 1. The number of H-pyrrole nitrogens is 1. The number of nitrogens with zero attached hydrogens (tertiary/aromatic N) is 1. The Labute approximate surface area is 180 Å². The summed E-state index contributed by atoms with van der Waals surface area (Å²) in [6, 6.07) is 9.21. The zero-order valence-electron chi connectivity index (χ0n) is 17.9. The summed E-state index contributed by atoms with van der Waals surface area (Å²) >= 11 is 0. The van der Waals surface area contributed by atoms with E-state index in [1.165, 1.54) is 6.20 Å². The average molecular weight is 423 g/mol. The van der Waals surface area contributed by atoms with E-state index in [1.807, 2.05) is 24.3 Å². The quantitative estimate of drug-likeness (QED) is 0.604. The van der Waals surface area contributed by atoms with Crippen molar-refractivity contribution in [1.82, 2.24) is 15.5 Å². The van der Waals surface area contributed by atoms with Crippen LogP contribution in [0.3, 0.4) is 0 Å². The highest BCUT2D eigenvalue weighted by Gasteiger charge is 2.28. The standard InChI is InChI=1S/C23H25N3O5/c1-28-14-6-7-15(19(10-14)29-2)22-17(12-24-26-22)23(27)25-18-8-5-13-9-20(30-3)21(31-4)11-16(13)18/h6-7,9-12,18H,5,8H2,1-4H3,(H,24,26)(H,25,27)/t18-/m0/s1. The monoisotopic (exact) mass is 423 g/mol. The molecule has 0 unspecified atom stereocenters. The minimum absolute atomic E-state index is 0.122. The van der Waals surface area contributed by atoms with E-state index in [1.54, 1.807) is 34.5 Å². The van der Waals surface area contributed by atoms with Crippen LogP contribution in [-0.4, -0.2) is 44.5 Å². The highest BCUT2D eigenvalue weighted by atomic mass is 16.5. The molecule has 0 saturated carbocycles. The molecule has 0 radical (unpaired) electrons. The van der Waals surface area contributed by atoms with E-state index < -0.39 is 0 Å². The Balaban J connectivity index is 1.61. The molecule has 2 N–H and O–H groups in total. The summed E-state index contributed by atoms with van der Waals surface area (Å²) < 4.78 is 21.6. The number of amides is 1. The van der Waals surface area contributed by atoms with Gasteiger partial charge < -0.3 is 24.3 Å². The summed E-state index contributed by atoms with van der Waals surface area (Å²) in [7, 11) is 6.39. The topological polar surface area (TPSA) is 94.7 Å². The van der Waals surface area contributed by atoms with Gasteiger partial charge in [0.05, 0.1) is 51.9 Å². The zero-order chi connectivity index (χ0) is 22.0.